The van der Waals surface area contributed by atoms with Gasteiger partial charge in [0.05, 0.1) is 12.5 Å². The number of carbonyl (C=O) groups excluding carboxylic acids is 3. The van der Waals surface area contributed by atoms with Gasteiger partial charge in [0.2, 0.25) is 18.2 Å². The Hall–Kier alpha value is -2.52. The molecule has 1 saturated carbocycles. The molecule has 29 heavy (non-hydrogen) atoms. The summed E-state index contributed by atoms with van der Waals surface area (Å²) in [6.07, 6.45) is 5.75. The summed E-state index contributed by atoms with van der Waals surface area (Å²) in [6.45, 7) is 2.26. The molecule has 2 aliphatic rings. The van der Waals surface area contributed by atoms with E-state index in [4.69, 9.17) is 0 Å². The zero-order valence-corrected chi connectivity index (χ0v) is 16.7. The molecule has 3 N–H and O–H groups in total. The maximum Gasteiger partial charge on any atom is 0.250 e. The number of hydrogen-bond donors (Lipinski definition) is 3. The Morgan fingerprint density at radius 3 is 2.83 bits per heavy atom. The highest BCUT2D eigenvalue weighted by atomic mass is 16.5. The number of pyridine rings is 1. The molecule has 0 bridgehead atoms. The van der Waals surface area contributed by atoms with Crippen molar-refractivity contribution in [2.75, 3.05) is 18.4 Å². The monoisotopic (exact) mass is 403 g/mol. The van der Waals surface area contributed by atoms with Crippen molar-refractivity contribution in [2.45, 2.75) is 51.5 Å². The average Bonchev–Trinajstić information content (AvgIpc) is 3.38. The normalized spacial score (nSPS) is 20.5. The predicted octanol–water partition coefficient (Wildman–Crippen LogP) is 1.48. The second-order valence-electron chi connectivity index (χ2n) is 7.88. The summed E-state index contributed by atoms with van der Waals surface area (Å²) in [5, 5.41) is 14.3. The Kier molecular flexibility index (Phi) is 7.16. The molecule has 2 fully saturated rings. The molecule has 2 heterocycles. The first-order valence-corrected chi connectivity index (χ1v) is 10.2. The molecule has 1 aromatic heterocycles. The van der Waals surface area contributed by atoms with Crippen molar-refractivity contribution < 1.29 is 19.6 Å². The van der Waals surface area contributed by atoms with Crippen LogP contribution in [-0.4, -0.2) is 57.6 Å². The predicted molar refractivity (Wildman–Crippen MR) is 105 cm³/mol. The Bertz CT molecular complexity index is 737. The summed E-state index contributed by atoms with van der Waals surface area (Å²) in [5.74, 6) is -0.300. The number of hydrogen-bond acceptors (Lipinski definition) is 6. The highest BCUT2D eigenvalue weighted by Crippen LogP contribution is 2.31. The van der Waals surface area contributed by atoms with E-state index in [0.717, 1.165) is 31.4 Å². The number of rotatable bonds is 8. The third kappa shape index (κ3) is 5.51. The van der Waals surface area contributed by atoms with Crippen LogP contribution in [0.5, 0.6) is 0 Å². The van der Waals surface area contributed by atoms with E-state index < -0.39 is 12.0 Å². The fourth-order valence-corrected chi connectivity index (χ4v) is 4.23. The van der Waals surface area contributed by atoms with Gasteiger partial charge in [-0.25, -0.2) is 15.5 Å². The van der Waals surface area contributed by atoms with Crippen LogP contribution in [0.15, 0.2) is 18.2 Å². The number of aromatic nitrogens is 1. The molecular formula is C20H29N5O4. The lowest BCUT2D eigenvalue weighted by Gasteiger charge is -2.29. The average molecular weight is 403 g/mol. The molecule has 2 atom stereocenters. The molecule has 158 valence electrons. The molecule has 0 spiro atoms. The van der Waals surface area contributed by atoms with E-state index in [-0.39, 0.29) is 18.4 Å². The van der Waals surface area contributed by atoms with E-state index in [1.165, 1.54) is 5.01 Å². The minimum atomic E-state index is -0.667. The maximum atomic E-state index is 13.2. The summed E-state index contributed by atoms with van der Waals surface area (Å²) >= 11 is 0. The summed E-state index contributed by atoms with van der Waals surface area (Å²) in [5.41, 5.74) is 3.78. The minimum Gasteiger partial charge on any atom is -0.309 e. The SMILES string of the molecule is Cc1cccc(NC(=O)C2CCNN2C(=O)C(CC2CCCC2)CN(O)C=O)n1. The van der Waals surface area contributed by atoms with Crippen LogP contribution in [0, 0.1) is 18.8 Å². The van der Waals surface area contributed by atoms with Gasteiger partial charge in [0.15, 0.2) is 0 Å². The van der Waals surface area contributed by atoms with Crippen LogP contribution in [0.3, 0.4) is 0 Å². The van der Waals surface area contributed by atoms with Crippen LogP contribution in [0.1, 0.15) is 44.2 Å². The van der Waals surface area contributed by atoms with Crippen molar-refractivity contribution in [1.29, 1.82) is 0 Å². The summed E-state index contributed by atoms with van der Waals surface area (Å²) in [4.78, 5) is 41.2. The fraction of sp³-hybridized carbons (Fsp3) is 0.600. The third-order valence-electron chi connectivity index (χ3n) is 5.66. The number of nitrogens with one attached hydrogen (secondary N) is 2. The van der Waals surface area contributed by atoms with Crippen molar-refractivity contribution in [3.05, 3.63) is 23.9 Å². The van der Waals surface area contributed by atoms with Crippen molar-refractivity contribution in [3.63, 3.8) is 0 Å². The highest BCUT2D eigenvalue weighted by molar-refractivity contribution is 5.97. The van der Waals surface area contributed by atoms with Gasteiger partial charge in [-0.15, -0.1) is 0 Å². The van der Waals surface area contributed by atoms with Crippen molar-refractivity contribution in [3.8, 4) is 0 Å². The molecular weight excluding hydrogens is 374 g/mol. The zero-order valence-electron chi connectivity index (χ0n) is 16.7. The van der Waals surface area contributed by atoms with Gasteiger partial charge in [-0.05, 0) is 37.8 Å². The molecule has 3 amide bonds. The molecule has 1 aromatic rings. The molecule has 0 aromatic carbocycles. The van der Waals surface area contributed by atoms with Crippen molar-refractivity contribution in [1.82, 2.24) is 20.5 Å². The van der Waals surface area contributed by atoms with Crippen LogP contribution < -0.4 is 10.7 Å². The molecule has 1 aliphatic heterocycles. The number of nitrogens with zero attached hydrogens (tertiary/aromatic N) is 3. The molecule has 1 saturated heterocycles. The maximum absolute atomic E-state index is 13.2. The van der Waals surface area contributed by atoms with E-state index in [1.807, 2.05) is 13.0 Å². The number of carbonyl (C=O) groups is 3. The van der Waals surface area contributed by atoms with Gasteiger partial charge in [-0.1, -0.05) is 31.7 Å². The van der Waals surface area contributed by atoms with Crippen LogP contribution in [0.4, 0.5) is 5.82 Å². The first-order chi connectivity index (χ1) is 14.0. The quantitative estimate of drug-likeness (QED) is 0.344. The van der Waals surface area contributed by atoms with Gasteiger partial charge in [-0.3, -0.25) is 24.6 Å². The number of hydroxylamine groups is 2. The lowest BCUT2D eigenvalue weighted by molar-refractivity contribution is -0.159. The molecule has 9 heteroatoms. The van der Waals surface area contributed by atoms with Crippen molar-refractivity contribution in [2.24, 2.45) is 11.8 Å². The molecule has 9 nitrogen and oxygen atoms in total. The first kappa shape index (κ1) is 21.2. The summed E-state index contributed by atoms with van der Waals surface area (Å²) in [6, 6.07) is 4.68. The summed E-state index contributed by atoms with van der Waals surface area (Å²) < 4.78 is 0. The van der Waals surface area contributed by atoms with Crippen molar-refractivity contribution >= 4 is 24.0 Å². The zero-order chi connectivity index (χ0) is 20.8. The second kappa shape index (κ2) is 9.80. The van der Waals surface area contributed by atoms with Crippen LogP contribution >= 0.6 is 0 Å². The molecule has 2 unspecified atom stereocenters. The first-order valence-electron chi connectivity index (χ1n) is 10.2. The lowest BCUT2D eigenvalue weighted by Crippen LogP contribution is -2.51. The van der Waals surface area contributed by atoms with Gasteiger partial charge in [0.1, 0.15) is 11.9 Å². The molecule has 0 radical (unpaired) electrons. The van der Waals surface area contributed by atoms with Gasteiger partial charge in [-0.2, -0.15) is 0 Å². The van der Waals surface area contributed by atoms with E-state index in [2.05, 4.69) is 15.7 Å². The highest BCUT2D eigenvalue weighted by Gasteiger charge is 2.39. The lowest BCUT2D eigenvalue weighted by atomic mass is 9.92. The van der Waals surface area contributed by atoms with E-state index in [1.54, 1.807) is 12.1 Å². The Morgan fingerprint density at radius 2 is 2.14 bits per heavy atom. The Labute approximate surface area is 170 Å². The standard InChI is InChI=1S/C20H29N5O4/c1-14-5-4-8-18(22-14)23-19(27)17-9-10-21-25(17)20(28)16(12-24(29)13-26)11-15-6-2-3-7-15/h4-5,8,13,15-17,21,29H,2-3,6-7,9-12H2,1H3,(H,22,23,27). The van der Waals surface area contributed by atoms with Crippen LogP contribution in [0.2, 0.25) is 0 Å². The van der Waals surface area contributed by atoms with Crippen LogP contribution in [0.25, 0.3) is 0 Å². The van der Waals surface area contributed by atoms with Crippen LogP contribution in [-0.2, 0) is 14.4 Å². The largest absolute Gasteiger partial charge is 0.309 e. The van der Waals surface area contributed by atoms with Gasteiger partial charge < -0.3 is 5.32 Å². The fourth-order valence-electron chi connectivity index (χ4n) is 4.23. The van der Waals surface area contributed by atoms with E-state index in [9.17, 15) is 19.6 Å². The topological polar surface area (TPSA) is 115 Å². The second-order valence-corrected chi connectivity index (χ2v) is 7.88. The number of anilines is 1. The van der Waals surface area contributed by atoms with Gasteiger partial charge >= 0.3 is 0 Å². The number of aryl methyl sites for hydroxylation is 1. The Morgan fingerprint density at radius 1 is 1.38 bits per heavy atom. The minimum absolute atomic E-state index is 0.0786. The van der Waals surface area contributed by atoms with Gasteiger partial charge in [0.25, 0.3) is 0 Å². The van der Waals surface area contributed by atoms with E-state index in [0.29, 0.717) is 42.6 Å². The molecule has 3 rings (SSSR count). The number of amides is 3. The van der Waals surface area contributed by atoms with Gasteiger partial charge in [0, 0.05) is 12.2 Å². The number of hydrazine groups is 1. The van der Waals surface area contributed by atoms with E-state index >= 15 is 0 Å². The Balaban J connectivity index is 1.69. The smallest absolute Gasteiger partial charge is 0.250 e. The molecule has 1 aliphatic carbocycles. The summed E-state index contributed by atoms with van der Waals surface area (Å²) in [7, 11) is 0. The third-order valence-corrected chi connectivity index (χ3v) is 5.66.